The number of anilines is 1. The molecule has 0 aliphatic carbocycles. The van der Waals surface area contributed by atoms with Gasteiger partial charge < -0.3 is 5.32 Å². The summed E-state index contributed by atoms with van der Waals surface area (Å²) in [5, 5.41) is 3.16. The smallest absolute Gasteiger partial charge is 0.0980 e. The fourth-order valence-electron chi connectivity index (χ4n) is 1.49. The van der Waals surface area contributed by atoms with Crippen molar-refractivity contribution in [2.45, 2.75) is 5.92 Å². The van der Waals surface area contributed by atoms with Crippen LogP contribution in [0.4, 0.5) is 10.1 Å². The van der Waals surface area contributed by atoms with Crippen molar-refractivity contribution in [3.63, 3.8) is 0 Å². The molecule has 2 rings (SSSR count). The minimum Gasteiger partial charge on any atom is -0.384 e. The average Bonchev–Trinajstić information content (AvgIpc) is 2.47. The Morgan fingerprint density at radius 3 is 3.09 bits per heavy atom. The summed E-state index contributed by atoms with van der Waals surface area (Å²) in [7, 11) is 0. The SMILES string of the molecule is FCC1CNc2ccccc21. The average molecular weight is 151 g/mol. The lowest BCUT2D eigenvalue weighted by Crippen LogP contribution is -2.02. The van der Waals surface area contributed by atoms with Gasteiger partial charge in [-0.3, -0.25) is 4.39 Å². The molecule has 1 aliphatic heterocycles. The zero-order chi connectivity index (χ0) is 7.68. The Hall–Kier alpha value is -1.05. The highest BCUT2D eigenvalue weighted by Crippen LogP contribution is 2.30. The van der Waals surface area contributed by atoms with Gasteiger partial charge in [0.1, 0.15) is 0 Å². The lowest BCUT2D eigenvalue weighted by Gasteiger charge is -2.01. The summed E-state index contributed by atoms with van der Waals surface area (Å²) in [6, 6.07) is 7.89. The Morgan fingerprint density at radius 2 is 2.27 bits per heavy atom. The highest BCUT2D eigenvalue weighted by Gasteiger charge is 2.20. The van der Waals surface area contributed by atoms with E-state index in [0.29, 0.717) is 0 Å². The van der Waals surface area contributed by atoms with Crippen LogP contribution in [0.5, 0.6) is 0 Å². The van der Waals surface area contributed by atoms with Gasteiger partial charge in [-0.15, -0.1) is 0 Å². The van der Waals surface area contributed by atoms with Gasteiger partial charge in [-0.1, -0.05) is 18.2 Å². The van der Waals surface area contributed by atoms with E-state index in [1.807, 2.05) is 24.3 Å². The molecule has 0 aromatic heterocycles. The quantitative estimate of drug-likeness (QED) is 0.648. The molecule has 1 aliphatic rings. The summed E-state index contributed by atoms with van der Waals surface area (Å²) in [5.41, 5.74) is 2.21. The number of para-hydroxylation sites is 1. The molecular formula is C9H10FN. The Labute approximate surface area is 65.2 Å². The van der Waals surface area contributed by atoms with Crippen LogP contribution in [0.25, 0.3) is 0 Å². The summed E-state index contributed by atoms with van der Waals surface area (Å²) in [5.74, 6) is 0.0752. The molecule has 0 radical (unpaired) electrons. The number of rotatable bonds is 1. The van der Waals surface area contributed by atoms with E-state index >= 15 is 0 Å². The second-order valence-corrected chi connectivity index (χ2v) is 2.82. The first-order valence-electron chi connectivity index (χ1n) is 3.80. The van der Waals surface area contributed by atoms with E-state index < -0.39 is 0 Å². The molecule has 1 atom stereocenters. The maximum atomic E-state index is 12.3. The first kappa shape index (κ1) is 6.65. The second-order valence-electron chi connectivity index (χ2n) is 2.82. The molecule has 11 heavy (non-hydrogen) atoms. The van der Waals surface area contributed by atoms with Crippen molar-refractivity contribution in [3.8, 4) is 0 Å². The molecule has 58 valence electrons. The van der Waals surface area contributed by atoms with Gasteiger partial charge in [-0.25, -0.2) is 0 Å². The predicted molar refractivity (Wildman–Crippen MR) is 43.6 cm³/mol. The molecule has 1 N–H and O–H groups in total. The van der Waals surface area contributed by atoms with Gasteiger partial charge in [-0.2, -0.15) is 0 Å². The van der Waals surface area contributed by atoms with Crippen molar-refractivity contribution in [1.29, 1.82) is 0 Å². The molecule has 1 unspecified atom stereocenters. The molecule has 1 heterocycles. The number of benzene rings is 1. The third-order valence-electron chi connectivity index (χ3n) is 2.13. The van der Waals surface area contributed by atoms with E-state index in [-0.39, 0.29) is 12.6 Å². The topological polar surface area (TPSA) is 12.0 Å². The first-order valence-corrected chi connectivity index (χ1v) is 3.80. The highest BCUT2D eigenvalue weighted by molar-refractivity contribution is 5.57. The van der Waals surface area contributed by atoms with Crippen LogP contribution in [0.3, 0.4) is 0 Å². The van der Waals surface area contributed by atoms with Crippen LogP contribution in [0.1, 0.15) is 11.5 Å². The van der Waals surface area contributed by atoms with Crippen molar-refractivity contribution >= 4 is 5.69 Å². The Balaban J connectivity index is 2.39. The summed E-state index contributed by atoms with van der Waals surface area (Å²) < 4.78 is 12.3. The third-order valence-corrected chi connectivity index (χ3v) is 2.13. The van der Waals surface area contributed by atoms with Crippen molar-refractivity contribution in [3.05, 3.63) is 29.8 Å². The summed E-state index contributed by atoms with van der Waals surface area (Å²) in [6.07, 6.45) is 0. The predicted octanol–water partition coefficient (Wildman–Crippen LogP) is 2.17. The van der Waals surface area contributed by atoms with E-state index in [4.69, 9.17) is 0 Å². The normalized spacial score (nSPS) is 21.0. The molecule has 1 nitrogen and oxygen atoms in total. The summed E-state index contributed by atoms with van der Waals surface area (Å²) >= 11 is 0. The van der Waals surface area contributed by atoms with Crippen LogP contribution in [-0.2, 0) is 0 Å². The van der Waals surface area contributed by atoms with E-state index in [1.54, 1.807) is 0 Å². The number of nitrogens with one attached hydrogen (secondary N) is 1. The zero-order valence-corrected chi connectivity index (χ0v) is 6.18. The summed E-state index contributed by atoms with van der Waals surface area (Å²) in [4.78, 5) is 0. The molecule has 0 amide bonds. The number of fused-ring (bicyclic) bond motifs is 1. The second kappa shape index (κ2) is 2.53. The molecule has 0 bridgehead atoms. The first-order chi connectivity index (χ1) is 5.42. The fourth-order valence-corrected chi connectivity index (χ4v) is 1.49. The largest absolute Gasteiger partial charge is 0.384 e. The van der Waals surface area contributed by atoms with Crippen LogP contribution in [-0.4, -0.2) is 13.2 Å². The Bertz CT molecular complexity index is 259. The van der Waals surface area contributed by atoms with Gasteiger partial charge in [0.15, 0.2) is 0 Å². The summed E-state index contributed by atoms with van der Waals surface area (Å²) in [6.45, 7) is 0.486. The number of hydrogen-bond acceptors (Lipinski definition) is 1. The molecule has 0 saturated carbocycles. The van der Waals surface area contributed by atoms with Gasteiger partial charge in [0, 0.05) is 18.2 Å². The van der Waals surface area contributed by atoms with Crippen LogP contribution >= 0.6 is 0 Å². The number of hydrogen-bond donors (Lipinski definition) is 1. The maximum absolute atomic E-state index is 12.3. The standard InChI is InChI=1S/C9H10FN/c10-5-7-6-11-9-4-2-1-3-8(7)9/h1-4,7,11H,5-6H2. The fraction of sp³-hybridized carbons (Fsp3) is 0.333. The number of alkyl halides is 1. The van der Waals surface area contributed by atoms with Crippen LogP contribution in [0.2, 0.25) is 0 Å². The van der Waals surface area contributed by atoms with Crippen LogP contribution in [0.15, 0.2) is 24.3 Å². The van der Waals surface area contributed by atoms with Gasteiger partial charge in [-0.05, 0) is 11.6 Å². The van der Waals surface area contributed by atoms with E-state index in [9.17, 15) is 4.39 Å². The highest BCUT2D eigenvalue weighted by atomic mass is 19.1. The van der Waals surface area contributed by atoms with Gasteiger partial charge in [0.2, 0.25) is 0 Å². The molecule has 0 saturated heterocycles. The van der Waals surface area contributed by atoms with E-state index in [1.165, 1.54) is 0 Å². The molecule has 0 fully saturated rings. The molecule has 1 aromatic rings. The molecular weight excluding hydrogens is 141 g/mol. The minimum atomic E-state index is -0.260. The Kier molecular flexibility index (Phi) is 1.53. The van der Waals surface area contributed by atoms with Gasteiger partial charge in [0.05, 0.1) is 6.67 Å². The van der Waals surface area contributed by atoms with Crippen LogP contribution < -0.4 is 5.32 Å². The van der Waals surface area contributed by atoms with Crippen LogP contribution in [0, 0.1) is 0 Å². The van der Waals surface area contributed by atoms with Crippen molar-refractivity contribution in [2.75, 3.05) is 18.5 Å². The molecule has 1 aromatic carbocycles. The van der Waals surface area contributed by atoms with Crippen molar-refractivity contribution in [2.24, 2.45) is 0 Å². The van der Waals surface area contributed by atoms with E-state index in [0.717, 1.165) is 17.8 Å². The third kappa shape index (κ3) is 0.985. The van der Waals surface area contributed by atoms with E-state index in [2.05, 4.69) is 5.32 Å². The van der Waals surface area contributed by atoms with Crippen molar-refractivity contribution < 1.29 is 4.39 Å². The Morgan fingerprint density at radius 1 is 1.45 bits per heavy atom. The van der Waals surface area contributed by atoms with Gasteiger partial charge in [0.25, 0.3) is 0 Å². The van der Waals surface area contributed by atoms with Crippen molar-refractivity contribution in [1.82, 2.24) is 0 Å². The lowest BCUT2D eigenvalue weighted by atomic mass is 10.0. The number of halogens is 1. The van der Waals surface area contributed by atoms with Gasteiger partial charge >= 0.3 is 0 Å². The minimum absolute atomic E-state index is 0.0752. The molecule has 0 spiro atoms. The molecule has 2 heteroatoms. The lowest BCUT2D eigenvalue weighted by molar-refractivity contribution is 0.447. The zero-order valence-electron chi connectivity index (χ0n) is 6.18. The monoisotopic (exact) mass is 151 g/mol. The maximum Gasteiger partial charge on any atom is 0.0980 e.